The Balaban J connectivity index is 2.19. The van der Waals surface area contributed by atoms with Gasteiger partial charge in [-0.25, -0.2) is 13.1 Å². The number of amides is 1. The molecule has 0 aliphatic rings. The van der Waals surface area contributed by atoms with Crippen LogP contribution in [0.1, 0.15) is 27.4 Å². The van der Waals surface area contributed by atoms with Crippen LogP contribution >= 0.6 is 23.2 Å². The summed E-state index contributed by atoms with van der Waals surface area (Å²) in [5.74, 6) is -0.379. The van der Waals surface area contributed by atoms with Crippen molar-refractivity contribution < 1.29 is 17.7 Å². The molecule has 1 N–H and O–H groups in total. The average Bonchev–Trinajstić information content (AvgIpc) is 2.75. The number of carbonyl (C=O) groups is 1. The first-order valence-electron chi connectivity index (χ1n) is 6.33. The predicted molar refractivity (Wildman–Crippen MR) is 87.9 cm³/mol. The lowest BCUT2D eigenvalue weighted by Crippen LogP contribution is -2.29. The number of rotatable bonds is 4. The van der Waals surface area contributed by atoms with Crippen LogP contribution in [0.5, 0.6) is 0 Å². The molecular weight excluding hydrogens is 363 g/mol. The standard InChI is InChI=1S/C14H12Cl2N2O4S/c1-8-11(9(2)22-17-8)5-6-23(20,21)18-14(19)12-4-3-10(15)7-13(12)16/h3-7H,1-2H3,(H,18,19). The molecule has 23 heavy (non-hydrogen) atoms. The van der Waals surface area contributed by atoms with Gasteiger partial charge in [-0.15, -0.1) is 0 Å². The summed E-state index contributed by atoms with van der Waals surface area (Å²) < 4.78 is 30.8. The van der Waals surface area contributed by atoms with Gasteiger partial charge in [0.1, 0.15) is 5.76 Å². The van der Waals surface area contributed by atoms with Gasteiger partial charge in [0.15, 0.2) is 0 Å². The maximum Gasteiger partial charge on any atom is 0.266 e. The number of hydrogen-bond acceptors (Lipinski definition) is 5. The van der Waals surface area contributed by atoms with E-state index in [2.05, 4.69) is 5.16 Å². The van der Waals surface area contributed by atoms with E-state index in [-0.39, 0.29) is 10.6 Å². The van der Waals surface area contributed by atoms with Gasteiger partial charge in [-0.05, 0) is 38.1 Å². The normalized spacial score (nSPS) is 11.8. The van der Waals surface area contributed by atoms with Gasteiger partial charge in [0.05, 0.1) is 21.7 Å². The van der Waals surface area contributed by atoms with Crippen molar-refractivity contribution in [1.29, 1.82) is 0 Å². The second-order valence-corrected chi connectivity index (χ2v) is 7.05. The SMILES string of the molecule is Cc1noc(C)c1C=CS(=O)(=O)NC(=O)c1ccc(Cl)cc1Cl. The smallest absolute Gasteiger partial charge is 0.266 e. The van der Waals surface area contributed by atoms with E-state index in [4.69, 9.17) is 27.7 Å². The molecule has 0 saturated heterocycles. The first-order valence-corrected chi connectivity index (χ1v) is 8.63. The molecule has 9 heteroatoms. The number of sulfonamides is 1. The molecule has 1 heterocycles. The van der Waals surface area contributed by atoms with Crippen LogP contribution in [0.15, 0.2) is 28.1 Å². The monoisotopic (exact) mass is 374 g/mol. The highest BCUT2D eigenvalue weighted by atomic mass is 35.5. The third-order valence-electron chi connectivity index (χ3n) is 2.91. The van der Waals surface area contributed by atoms with E-state index in [0.717, 1.165) is 5.41 Å². The Bertz CT molecular complexity index is 869. The molecule has 0 fully saturated rings. The van der Waals surface area contributed by atoms with E-state index in [1.165, 1.54) is 24.3 Å². The highest BCUT2D eigenvalue weighted by molar-refractivity contribution is 7.93. The maximum absolute atomic E-state index is 12.0. The summed E-state index contributed by atoms with van der Waals surface area (Å²) >= 11 is 11.6. The van der Waals surface area contributed by atoms with Crippen molar-refractivity contribution in [3.63, 3.8) is 0 Å². The molecule has 0 aliphatic carbocycles. The summed E-state index contributed by atoms with van der Waals surface area (Å²) in [5, 5.41) is 4.97. The molecule has 0 radical (unpaired) electrons. The lowest BCUT2D eigenvalue weighted by Gasteiger charge is -2.05. The van der Waals surface area contributed by atoms with Gasteiger partial charge in [0.25, 0.3) is 15.9 Å². The molecule has 0 spiro atoms. The highest BCUT2D eigenvalue weighted by Gasteiger charge is 2.17. The summed E-state index contributed by atoms with van der Waals surface area (Å²) in [6.07, 6.45) is 1.31. The van der Waals surface area contributed by atoms with Crippen LogP contribution in [0.3, 0.4) is 0 Å². The second-order valence-electron chi connectivity index (χ2n) is 4.64. The lowest BCUT2D eigenvalue weighted by molar-refractivity contribution is 0.0982. The van der Waals surface area contributed by atoms with Gasteiger partial charge < -0.3 is 4.52 Å². The fourth-order valence-electron chi connectivity index (χ4n) is 1.78. The van der Waals surface area contributed by atoms with Crippen molar-refractivity contribution in [3.05, 3.63) is 56.2 Å². The number of carbonyl (C=O) groups excluding carboxylic acids is 1. The number of benzene rings is 1. The van der Waals surface area contributed by atoms with Crippen molar-refractivity contribution in [2.75, 3.05) is 0 Å². The summed E-state index contributed by atoms with van der Waals surface area (Å²) in [6, 6.07) is 4.13. The number of nitrogens with zero attached hydrogens (tertiary/aromatic N) is 1. The number of nitrogens with one attached hydrogen (secondary N) is 1. The Morgan fingerprint density at radius 3 is 2.57 bits per heavy atom. The zero-order chi connectivity index (χ0) is 17.2. The van der Waals surface area contributed by atoms with E-state index in [1.807, 2.05) is 4.72 Å². The molecule has 0 aliphatic heterocycles. The second kappa shape index (κ2) is 6.74. The van der Waals surface area contributed by atoms with Crippen molar-refractivity contribution in [3.8, 4) is 0 Å². The number of aromatic nitrogens is 1. The van der Waals surface area contributed by atoms with Crippen LogP contribution in [0, 0.1) is 13.8 Å². The van der Waals surface area contributed by atoms with Gasteiger partial charge in [-0.3, -0.25) is 4.79 Å². The molecule has 2 rings (SSSR count). The highest BCUT2D eigenvalue weighted by Crippen LogP contribution is 2.21. The van der Waals surface area contributed by atoms with Gasteiger partial charge in [-0.1, -0.05) is 28.4 Å². The van der Waals surface area contributed by atoms with Crippen molar-refractivity contribution in [1.82, 2.24) is 9.88 Å². The molecular formula is C14H12Cl2N2O4S. The third kappa shape index (κ3) is 4.34. The molecule has 6 nitrogen and oxygen atoms in total. The average molecular weight is 375 g/mol. The van der Waals surface area contributed by atoms with Gasteiger partial charge in [0.2, 0.25) is 0 Å². The van der Waals surface area contributed by atoms with Crippen LogP contribution < -0.4 is 4.72 Å². The Hall–Kier alpha value is -1.83. The molecule has 0 atom stereocenters. The Morgan fingerprint density at radius 2 is 2.00 bits per heavy atom. The van der Waals surface area contributed by atoms with E-state index in [0.29, 0.717) is 22.0 Å². The number of aryl methyl sites for hydroxylation is 2. The summed E-state index contributed by atoms with van der Waals surface area (Å²) in [7, 11) is -4.01. The van der Waals surface area contributed by atoms with Crippen LogP contribution in [-0.2, 0) is 10.0 Å². The van der Waals surface area contributed by atoms with Gasteiger partial charge >= 0.3 is 0 Å². The van der Waals surface area contributed by atoms with Crippen LogP contribution in [0.4, 0.5) is 0 Å². The molecule has 1 aromatic carbocycles. The van der Waals surface area contributed by atoms with Crippen LogP contribution in [0.25, 0.3) is 6.08 Å². The minimum absolute atomic E-state index is 0.00498. The quantitative estimate of drug-likeness (QED) is 0.886. The Morgan fingerprint density at radius 1 is 1.30 bits per heavy atom. The van der Waals surface area contributed by atoms with Crippen molar-refractivity contribution in [2.45, 2.75) is 13.8 Å². The van der Waals surface area contributed by atoms with Gasteiger partial charge in [-0.2, -0.15) is 0 Å². The predicted octanol–water partition coefficient (Wildman–Crippen LogP) is 3.33. The van der Waals surface area contributed by atoms with Crippen LogP contribution in [0.2, 0.25) is 10.0 Å². The van der Waals surface area contributed by atoms with Crippen molar-refractivity contribution >= 4 is 45.2 Å². The fraction of sp³-hybridized carbons (Fsp3) is 0.143. The summed E-state index contributed by atoms with van der Waals surface area (Å²) in [4.78, 5) is 12.0. The van der Waals surface area contributed by atoms with Crippen molar-refractivity contribution in [2.24, 2.45) is 0 Å². The van der Waals surface area contributed by atoms with Crippen LogP contribution in [-0.4, -0.2) is 19.5 Å². The largest absolute Gasteiger partial charge is 0.361 e. The topological polar surface area (TPSA) is 89.3 Å². The molecule has 1 amide bonds. The number of halogens is 2. The molecule has 122 valence electrons. The lowest BCUT2D eigenvalue weighted by atomic mass is 10.2. The molecule has 0 bridgehead atoms. The minimum atomic E-state index is -4.01. The van der Waals surface area contributed by atoms with E-state index >= 15 is 0 Å². The maximum atomic E-state index is 12.0. The fourth-order valence-corrected chi connectivity index (χ4v) is 3.02. The summed E-state index contributed by atoms with van der Waals surface area (Å²) in [6.45, 7) is 3.33. The van der Waals surface area contributed by atoms with Gasteiger partial charge in [0, 0.05) is 10.6 Å². The molecule has 0 unspecified atom stereocenters. The summed E-state index contributed by atoms with van der Waals surface area (Å²) in [5.41, 5.74) is 1.08. The zero-order valence-electron chi connectivity index (χ0n) is 12.1. The molecule has 1 aromatic heterocycles. The molecule has 2 aromatic rings. The van der Waals surface area contributed by atoms with E-state index < -0.39 is 15.9 Å². The molecule has 0 saturated carbocycles. The third-order valence-corrected chi connectivity index (χ3v) is 4.43. The number of hydrogen-bond donors (Lipinski definition) is 1. The minimum Gasteiger partial charge on any atom is -0.361 e. The van der Waals surface area contributed by atoms with E-state index in [9.17, 15) is 13.2 Å². The first kappa shape index (κ1) is 17.5. The first-order chi connectivity index (χ1) is 10.7. The van der Waals surface area contributed by atoms with E-state index in [1.54, 1.807) is 13.8 Å². The Labute approximate surface area is 143 Å². The Kier molecular flexibility index (Phi) is 5.13. The zero-order valence-corrected chi connectivity index (χ0v) is 14.5.